The molecule has 0 bridgehead atoms. The molecule has 160 valence electrons. The van der Waals surface area contributed by atoms with Crippen molar-refractivity contribution in [1.29, 1.82) is 0 Å². The number of benzene rings is 1. The van der Waals surface area contributed by atoms with Crippen molar-refractivity contribution in [3.8, 4) is 5.75 Å². The van der Waals surface area contributed by atoms with Crippen molar-refractivity contribution >= 4 is 40.6 Å². The van der Waals surface area contributed by atoms with Gasteiger partial charge in [0.2, 0.25) is 5.91 Å². The molecule has 2 aromatic rings. The molecule has 2 aliphatic heterocycles. The molecular weight excluding hydrogens is 436 g/mol. The minimum Gasteiger partial charge on any atom is -0.711 e. The number of hydrogen-bond donors (Lipinski definition) is 2. The van der Waals surface area contributed by atoms with Crippen LogP contribution in [0.1, 0.15) is 24.8 Å². The molecule has 2 N–H and O–H groups in total. The van der Waals surface area contributed by atoms with E-state index in [2.05, 4.69) is 5.32 Å². The fraction of sp³-hybridized carbons (Fsp3) is 0.400. The number of nitrogens with one attached hydrogen (secondary N) is 1. The van der Waals surface area contributed by atoms with Gasteiger partial charge in [-0.2, -0.15) is 0 Å². The number of carbonyl (C=O) groups is 1. The van der Waals surface area contributed by atoms with Crippen LogP contribution in [-0.2, 0) is 11.2 Å². The molecule has 0 atom stereocenters. The van der Waals surface area contributed by atoms with Crippen LogP contribution < -0.4 is 19.7 Å². The number of aromatic nitrogens is 1. The van der Waals surface area contributed by atoms with E-state index in [1.165, 1.54) is 24.4 Å². The first kappa shape index (κ1) is 21.0. The van der Waals surface area contributed by atoms with E-state index < -0.39 is 11.4 Å². The van der Waals surface area contributed by atoms with E-state index >= 15 is 0 Å². The summed E-state index contributed by atoms with van der Waals surface area (Å²) in [7, 11) is 0. The molecule has 0 aliphatic carbocycles. The zero-order valence-corrected chi connectivity index (χ0v) is 17.5. The Hall–Kier alpha value is -2.29. The van der Waals surface area contributed by atoms with Crippen LogP contribution in [0.2, 0.25) is 10.0 Å². The van der Waals surface area contributed by atoms with Gasteiger partial charge in [0.25, 0.3) is 5.82 Å². The number of amides is 1. The summed E-state index contributed by atoms with van der Waals surface area (Å²) in [6.07, 6.45) is 2.57. The maximum absolute atomic E-state index is 14.0. The normalized spacial score (nSPS) is 18.0. The Bertz CT molecular complexity index is 973. The Morgan fingerprint density at radius 2 is 2.03 bits per heavy atom. The molecule has 1 aromatic carbocycles. The van der Waals surface area contributed by atoms with E-state index in [9.17, 15) is 19.5 Å². The van der Waals surface area contributed by atoms with E-state index in [1.54, 1.807) is 4.90 Å². The van der Waals surface area contributed by atoms with Crippen LogP contribution >= 0.6 is 23.2 Å². The van der Waals surface area contributed by atoms with Crippen LogP contribution in [0.3, 0.4) is 0 Å². The second-order valence-electron chi connectivity index (χ2n) is 7.60. The number of rotatable bonds is 4. The molecule has 3 heterocycles. The maximum atomic E-state index is 14.0. The van der Waals surface area contributed by atoms with Crippen LogP contribution in [-0.4, -0.2) is 36.3 Å². The second kappa shape index (κ2) is 8.09. The molecule has 1 saturated heterocycles. The lowest BCUT2D eigenvalue weighted by Crippen LogP contribution is -2.50. The maximum Gasteiger partial charge on any atom is 0.298 e. The monoisotopic (exact) mass is 455 g/mol. The van der Waals surface area contributed by atoms with Gasteiger partial charge >= 0.3 is 0 Å². The summed E-state index contributed by atoms with van der Waals surface area (Å²) in [5, 5.41) is 26.2. The predicted molar refractivity (Wildman–Crippen MR) is 111 cm³/mol. The van der Waals surface area contributed by atoms with Crippen molar-refractivity contribution in [2.24, 2.45) is 0 Å². The predicted octanol–water partition coefficient (Wildman–Crippen LogP) is 3.06. The molecule has 7 nitrogen and oxygen atoms in total. The number of ether oxygens (including phenoxy) is 1. The molecule has 30 heavy (non-hydrogen) atoms. The molecule has 0 spiro atoms. The molecule has 4 rings (SSSR count). The fourth-order valence-corrected chi connectivity index (χ4v) is 4.42. The number of halogens is 3. The Balaban J connectivity index is 1.43. The Morgan fingerprint density at radius 1 is 1.30 bits per heavy atom. The van der Waals surface area contributed by atoms with Gasteiger partial charge in [-0.25, -0.2) is 9.12 Å². The molecule has 2 aliphatic rings. The third kappa shape index (κ3) is 4.12. The van der Waals surface area contributed by atoms with Crippen LogP contribution in [0.4, 0.5) is 15.9 Å². The first-order valence-electron chi connectivity index (χ1n) is 9.55. The zero-order chi connectivity index (χ0) is 21.5. The molecular formula is C20H20Cl2FN3O4. The smallest absolute Gasteiger partial charge is 0.298 e. The highest BCUT2D eigenvalue weighted by Gasteiger charge is 2.38. The largest absolute Gasteiger partial charge is 0.711 e. The molecule has 1 fully saturated rings. The minimum absolute atomic E-state index is 0.0125. The topological polar surface area (TPSA) is 88.7 Å². The first-order valence-corrected chi connectivity index (χ1v) is 10.3. The van der Waals surface area contributed by atoms with Crippen molar-refractivity contribution in [2.75, 3.05) is 29.9 Å². The van der Waals surface area contributed by atoms with Crippen molar-refractivity contribution in [3.05, 3.63) is 51.0 Å². The number of anilines is 2. The lowest BCUT2D eigenvalue weighted by atomic mass is 9.92. The van der Waals surface area contributed by atoms with E-state index in [-0.39, 0.29) is 34.7 Å². The average Bonchev–Trinajstić information content (AvgIpc) is 2.69. The quantitative estimate of drug-likeness (QED) is 0.546. The first-order chi connectivity index (χ1) is 14.3. The Morgan fingerprint density at radius 3 is 2.73 bits per heavy atom. The summed E-state index contributed by atoms with van der Waals surface area (Å²) in [6, 6.07) is 4.26. The fourth-order valence-electron chi connectivity index (χ4n) is 3.84. The number of aliphatic hydroxyl groups is 1. The molecule has 1 amide bonds. The number of carbonyl (C=O) groups excluding carboxylic acids is 1. The molecule has 0 saturated carbocycles. The van der Waals surface area contributed by atoms with Crippen LogP contribution in [0.15, 0.2) is 24.4 Å². The third-order valence-corrected chi connectivity index (χ3v) is 5.99. The van der Waals surface area contributed by atoms with E-state index in [0.29, 0.717) is 54.2 Å². The van der Waals surface area contributed by atoms with Crippen LogP contribution in [0, 0.1) is 11.0 Å². The summed E-state index contributed by atoms with van der Waals surface area (Å²) in [5.74, 6) is -0.00279. The highest BCUT2D eigenvalue weighted by Crippen LogP contribution is 2.35. The third-order valence-electron chi connectivity index (χ3n) is 5.50. The van der Waals surface area contributed by atoms with Crippen molar-refractivity contribution in [3.63, 3.8) is 0 Å². The highest BCUT2D eigenvalue weighted by molar-refractivity contribution is 6.35. The van der Waals surface area contributed by atoms with Crippen LogP contribution in [0.25, 0.3) is 0 Å². The number of hydrogen-bond acceptors (Lipinski definition) is 5. The summed E-state index contributed by atoms with van der Waals surface area (Å²) in [4.78, 5) is 13.4. The van der Waals surface area contributed by atoms with Gasteiger partial charge < -0.3 is 20.4 Å². The van der Waals surface area contributed by atoms with Crippen molar-refractivity contribution < 1.29 is 23.8 Å². The van der Waals surface area contributed by atoms with Gasteiger partial charge in [0.15, 0.2) is 0 Å². The summed E-state index contributed by atoms with van der Waals surface area (Å²) >= 11 is 12.0. The van der Waals surface area contributed by atoms with Gasteiger partial charge in [-0.15, -0.1) is 0 Å². The highest BCUT2D eigenvalue weighted by atomic mass is 35.5. The minimum atomic E-state index is -1.11. The average molecular weight is 456 g/mol. The Labute approximate surface area is 182 Å². The standard InChI is InChI=1S/C20H20Cl2FN3O4/c21-12-9-14(22)19(26(29)10-12)25-7-5-20(28,6-8-25)11-30-16-3-2-15(23)18-13(16)1-4-17(27)24-18/h2-3,9-10,28H,1,4-8,11H2,(H,24,27). The molecule has 0 radical (unpaired) electrons. The molecule has 10 heteroatoms. The number of nitrogens with zero attached hydrogens (tertiary/aromatic N) is 2. The van der Waals surface area contributed by atoms with Gasteiger partial charge in [-0.05, 0) is 24.6 Å². The molecule has 0 unspecified atom stereocenters. The Kier molecular flexibility index (Phi) is 5.65. The van der Waals surface area contributed by atoms with E-state index in [1.807, 2.05) is 0 Å². The summed E-state index contributed by atoms with van der Waals surface area (Å²) in [5.41, 5.74) is -0.374. The lowest BCUT2D eigenvalue weighted by Gasteiger charge is -2.36. The SMILES string of the molecule is O=C1CCc2c(OCC3(O)CCN(c4c(Cl)cc(Cl)c[n+]4[O-])CC3)ccc(F)c2N1. The summed E-state index contributed by atoms with van der Waals surface area (Å²) < 4.78 is 20.5. The van der Waals surface area contributed by atoms with Gasteiger partial charge in [0.1, 0.15) is 35.0 Å². The second-order valence-corrected chi connectivity index (χ2v) is 8.45. The van der Waals surface area contributed by atoms with Crippen molar-refractivity contribution in [1.82, 2.24) is 0 Å². The summed E-state index contributed by atoms with van der Waals surface area (Å²) in [6.45, 7) is 0.820. The van der Waals surface area contributed by atoms with Crippen molar-refractivity contribution in [2.45, 2.75) is 31.3 Å². The van der Waals surface area contributed by atoms with E-state index in [4.69, 9.17) is 27.9 Å². The number of pyridine rings is 1. The number of fused-ring (bicyclic) bond motifs is 1. The van der Waals surface area contributed by atoms with Gasteiger partial charge in [-0.3, -0.25) is 9.69 Å². The van der Waals surface area contributed by atoms with E-state index in [0.717, 1.165) is 0 Å². The lowest BCUT2D eigenvalue weighted by molar-refractivity contribution is -0.592. The number of piperidine rings is 1. The zero-order valence-electron chi connectivity index (χ0n) is 16.0. The van der Waals surface area contributed by atoms with Gasteiger partial charge in [-0.1, -0.05) is 23.2 Å². The van der Waals surface area contributed by atoms with Gasteiger partial charge in [0.05, 0.1) is 23.8 Å². The molecule has 1 aromatic heterocycles. The van der Waals surface area contributed by atoms with Crippen LogP contribution in [0.5, 0.6) is 5.75 Å². The van der Waals surface area contributed by atoms with Gasteiger partial charge in [0, 0.05) is 24.8 Å².